The van der Waals surface area contributed by atoms with Crippen molar-refractivity contribution in [2.24, 2.45) is 0 Å². The van der Waals surface area contributed by atoms with Crippen molar-refractivity contribution in [3.8, 4) is 17.2 Å². The van der Waals surface area contributed by atoms with Gasteiger partial charge in [0.2, 0.25) is 0 Å². The minimum absolute atomic E-state index is 0.715. The molecule has 1 atom stereocenters. The Hall–Kier alpha value is -2.15. The minimum atomic E-state index is 0.715. The van der Waals surface area contributed by atoms with Gasteiger partial charge in [-0.05, 0) is 68.1 Å². The number of rotatable bonds is 5. The highest BCUT2D eigenvalue weighted by Crippen LogP contribution is 2.26. The standard InChI is InChI=1S/C23H27N3/c24-16-21-6-1-2-8-23(21)20-11-9-19(10-12-20)17-26-15-5-7-22(26)18-25-13-3-4-14-25/h1-2,6,8-12,22H,3-5,7,13-15,17-18H2. The minimum Gasteiger partial charge on any atom is -0.302 e. The Morgan fingerprint density at radius 3 is 2.46 bits per heavy atom. The lowest BCUT2D eigenvalue weighted by atomic mass is 9.99. The van der Waals surface area contributed by atoms with Crippen molar-refractivity contribution in [3.05, 3.63) is 59.7 Å². The summed E-state index contributed by atoms with van der Waals surface area (Å²) in [5, 5.41) is 9.31. The first-order valence-electron chi connectivity index (χ1n) is 9.88. The summed E-state index contributed by atoms with van der Waals surface area (Å²) in [4.78, 5) is 5.31. The van der Waals surface area contributed by atoms with Crippen molar-refractivity contribution < 1.29 is 0 Å². The van der Waals surface area contributed by atoms with Gasteiger partial charge in [-0.2, -0.15) is 5.26 Å². The van der Waals surface area contributed by atoms with E-state index in [1.165, 1.54) is 57.4 Å². The molecule has 0 aliphatic carbocycles. The van der Waals surface area contributed by atoms with Crippen LogP contribution in [0.2, 0.25) is 0 Å². The van der Waals surface area contributed by atoms with Crippen LogP contribution in [0.1, 0.15) is 36.8 Å². The van der Waals surface area contributed by atoms with Crippen molar-refractivity contribution in [3.63, 3.8) is 0 Å². The van der Waals surface area contributed by atoms with Gasteiger partial charge in [-0.1, -0.05) is 42.5 Å². The zero-order valence-electron chi connectivity index (χ0n) is 15.4. The molecule has 0 amide bonds. The molecule has 0 bridgehead atoms. The summed E-state index contributed by atoms with van der Waals surface area (Å²) in [5.41, 5.74) is 4.26. The molecule has 2 heterocycles. The first kappa shape index (κ1) is 17.3. The van der Waals surface area contributed by atoms with Crippen LogP contribution in [0.3, 0.4) is 0 Å². The zero-order valence-corrected chi connectivity index (χ0v) is 15.4. The molecule has 2 fully saturated rings. The molecule has 0 N–H and O–H groups in total. The van der Waals surface area contributed by atoms with E-state index >= 15 is 0 Å². The van der Waals surface area contributed by atoms with E-state index in [4.69, 9.17) is 0 Å². The van der Waals surface area contributed by atoms with Gasteiger partial charge >= 0.3 is 0 Å². The summed E-state index contributed by atoms with van der Waals surface area (Å²) in [7, 11) is 0. The van der Waals surface area contributed by atoms with E-state index in [2.05, 4.69) is 40.1 Å². The van der Waals surface area contributed by atoms with E-state index < -0.39 is 0 Å². The maximum Gasteiger partial charge on any atom is 0.0998 e. The van der Waals surface area contributed by atoms with Crippen molar-refractivity contribution in [2.75, 3.05) is 26.2 Å². The summed E-state index contributed by atoms with van der Waals surface area (Å²) in [6.07, 6.45) is 5.41. The van der Waals surface area contributed by atoms with Crippen LogP contribution in [-0.2, 0) is 6.54 Å². The van der Waals surface area contributed by atoms with Crippen molar-refractivity contribution in [1.29, 1.82) is 5.26 Å². The normalized spacial score (nSPS) is 21.1. The highest BCUT2D eigenvalue weighted by atomic mass is 15.2. The van der Waals surface area contributed by atoms with E-state index in [0.717, 1.165) is 23.2 Å². The van der Waals surface area contributed by atoms with E-state index in [0.29, 0.717) is 6.04 Å². The Morgan fingerprint density at radius 1 is 0.923 bits per heavy atom. The van der Waals surface area contributed by atoms with Gasteiger partial charge in [0.05, 0.1) is 11.6 Å². The number of benzene rings is 2. The Bertz CT molecular complexity index is 769. The molecule has 2 aromatic carbocycles. The monoisotopic (exact) mass is 345 g/mol. The van der Waals surface area contributed by atoms with Gasteiger partial charge in [0.25, 0.3) is 0 Å². The number of hydrogen-bond donors (Lipinski definition) is 0. The van der Waals surface area contributed by atoms with Crippen LogP contribution >= 0.6 is 0 Å². The molecule has 1 unspecified atom stereocenters. The lowest BCUT2D eigenvalue weighted by Gasteiger charge is -2.28. The maximum absolute atomic E-state index is 9.31. The van der Waals surface area contributed by atoms with Crippen LogP contribution in [-0.4, -0.2) is 42.0 Å². The first-order valence-corrected chi connectivity index (χ1v) is 9.88. The smallest absolute Gasteiger partial charge is 0.0998 e. The number of nitrogens with zero attached hydrogens (tertiary/aromatic N) is 3. The zero-order chi connectivity index (χ0) is 17.8. The Kier molecular flexibility index (Phi) is 5.34. The molecule has 0 radical (unpaired) electrons. The molecule has 2 aromatic rings. The van der Waals surface area contributed by atoms with E-state index in [1.54, 1.807) is 0 Å². The predicted molar refractivity (Wildman–Crippen MR) is 106 cm³/mol. The van der Waals surface area contributed by atoms with Gasteiger partial charge in [-0.15, -0.1) is 0 Å². The predicted octanol–water partition coefficient (Wildman–Crippen LogP) is 4.29. The second-order valence-corrected chi connectivity index (χ2v) is 7.63. The highest BCUT2D eigenvalue weighted by molar-refractivity contribution is 5.70. The average Bonchev–Trinajstić information content (AvgIpc) is 3.35. The van der Waals surface area contributed by atoms with Gasteiger partial charge < -0.3 is 4.90 Å². The molecular weight excluding hydrogens is 318 g/mol. The first-order chi connectivity index (χ1) is 12.8. The van der Waals surface area contributed by atoms with E-state index in [1.807, 2.05) is 24.3 Å². The quantitative estimate of drug-likeness (QED) is 0.810. The SMILES string of the molecule is N#Cc1ccccc1-c1ccc(CN2CCCC2CN2CCCC2)cc1. The lowest BCUT2D eigenvalue weighted by molar-refractivity contribution is 0.185. The fraction of sp³-hybridized carbons (Fsp3) is 0.435. The molecule has 2 aliphatic rings. The third kappa shape index (κ3) is 3.82. The van der Waals surface area contributed by atoms with Crippen LogP contribution in [0.5, 0.6) is 0 Å². The molecular formula is C23H27N3. The molecule has 2 aliphatic heterocycles. The summed E-state index contributed by atoms with van der Waals surface area (Å²) >= 11 is 0. The van der Waals surface area contributed by atoms with Crippen LogP contribution in [0, 0.1) is 11.3 Å². The number of likely N-dealkylation sites (tertiary alicyclic amines) is 2. The molecule has 0 aromatic heterocycles. The fourth-order valence-corrected chi connectivity index (χ4v) is 4.43. The average molecular weight is 345 g/mol. The molecule has 26 heavy (non-hydrogen) atoms. The largest absolute Gasteiger partial charge is 0.302 e. The van der Waals surface area contributed by atoms with Crippen LogP contribution in [0.4, 0.5) is 0 Å². The fourth-order valence-electron chi connectivity index (χ4n) is 4.43. The Labute approximate surface area is 156 Å². The third-order valence-electron chi connectivity index (χ3n) is 5.86. The summed E-state index contributed by atoms with van der Waals surface area (Å²) in [6, 6.07) is 19.6. The van der Waals surface area contributed by atoms with Crippen molar-refractivity contribution >= 4 is 0 Å². The molecule has 3 heteroatoms. The van der Waals surface area contributed by atoms with Gasteiger partial charge in [0.15, 0.2) is 0 Å². The third-order valence-corrected chi connectivity index (χ3v) is 5.86. The molecule has 0 spiro atoms. The summed E-state index contributed by atoms with van der Waals surface area (Å²) < 4.78 is 0. The van der Waals surface area contributed by atoms with Crippen LogP contribution in [0.15, 0.2) is 48.5 Å². The van der Waals surface area contributed by atoms with Crippen molar-refractivity contribution in [2.45, 2.75) is 38.3 Å². The molecule has 0 saturated carbocycles. The molecule has 2 saturated heterocycles. The topological polar surface area (TPSA) is 30.3 Å². The van der Waals surface area contributed by atoms with E-state index in [-0.39, 0.29) is 0 Å². The summed E-state index contributed by atoms with van der Waals surface area (Å²) in [5.74, 6) is 0. The maximum atomic E-state index is 9.31. The van der Waals surface area contributed by atoms with Gasteiger partial charge in [-0.3, -0.25) is 4.90 Å². The Morgan fingerprint density at radius 2 is 1.69 bits per heavy atom. The molecule has 134 valence electrons. The molecule has 3 nitrogen and oxygen atoms in total. The summed E-state index contributed by atoms with van der Waals surface area (Å²) in [6.45, 7) is 6.08. The number of hydrogen-bond acceptors (Lipinski definition) is 3. The van der Waals surface area contributed by atoms with Gasteiger partial charge in [0.1, 0.15) is 0 Å². The van der Waals surface area contributed by atoms with Crippen LogP contribution < -0.4 is 0 Å². The second-order valence-electron chi connectivity index (χ2n) is 7.63. The van der Waals surface area contributed by atoms with Crippen LogP contribution in [0.25, 0.3) is 11.1 Å². The second kappa shape index (κ2) is 8.03. The lowest BCUT2D eigenvalue weighted by Crippen LogP contribution is -2.38. The van der Waals surface area contributed by atoms with E-state index in [9.17, 15) is 5.26 Å². The Balaban J connectivity index is 1.43. The highest BCUT2D eigenvalue weighted by Gasteiger charge is 2.27. The van der Waals surface area contributed by atoms with Gasteiger partial charge in [-0.25, -0.2) is 0 Å². The molecule has 4 rings (SSSR count). The number of nitriles is 1. The van der Waals surface area contributed by atoms with Crippen molar-refractivity contribution in [1.82, 2.24) is 9.80 Å². The van der Waals surface area contributed by atoms with Gasteiger partial charge in [0, 0.05) is 19.1 Å².